The number of carbonyl (C=O) groups excluding carboxylic acids is 2. The third-order valence-electron chi connectivity index (χ3n) is 4.45. The van der Waals surface area contributed by atoms with Gasteiger partial charge in [0, 0.05) is 22.8 Å². The molecule has 0 saturated heterocycles. The van der Waals surface area contributed by atoms with Crippen molar-refractivity contribution < 1.29 is 27.2 Å². The highest BCUT2D eigenvalue weighted by molar-refractivity contribution is 7.21. The summed E-state index contributed by atoms with van der Waals surface area (Å²) >= 11 is 0.662. The van der Waals surface area contributed by atoms with Crippen LogP contribution in [0.2, 0.25) is 0 Å². The fraction of sp³-hybridized carbons (Fsp3) is 0.158. The first-order chi connectivity index (χ1) is 14.6. The summed E-state index contributed by atoms with van der Waals surface area (Å²) in [6.07, 6.45) is -1.91. The number of hydrogen-bond acceptors (Lipinski definition) is 6. The summed E-state index contributed by atoms with van der Waals surface area (Å²) in [4.78, 5) is 28.1. The van der Waals surface area contributed by atoms with Crippen LogP contribution >= 0.6 is 11.3 Å². The van der Waals surface area contributed by atoms with Crippen molar-refractivity contribution in [1.29, 1.82) is 0 Å². The summed E-state index contributed by atoms with van der Waals surface area (Å²) in [7, 11) is 0. The molecule has 0 atom stereocenters. The Kier molecular flexibility index (Phi) is 5.01. The number of alkyl halides is 3. The number of furan rings is 1. The number of nitrogens with one attached hydrogen (secondary N) is 1. The number of halogens is 3. The van der Waals surface area contributed by atoms with Crippen molar-refractivity contribution in [3.63, 3.8) is 0 Å². The van der Waals surface area contributed by atoms with Gasteiger partial charge in [0.1, 0.15) is 27.7 Å². The van der Waals surface area contributed by atoms with Gasteiger partial charge in [-0.25, -0.2) is 4.98 Å². The van der Waals surface area contributed by atoms with Crippen molar-refractivity contribution in [2.75, 3.05) is 5.32 Å². The molecule has 4 aromatic heterocycles. The van der Waals surface area contributed by atoms with E-state index in [0.717, 1.165) is 11.8 Å². The second kappa shape index (κ2) is 7.54. The maximum Gasteiger partial charge on any atom is 0.433 e. The number of aromatic nitrogens is 3. The molecule has 8 nitrogen and oxygen atoms in total. The van der Waals surface area contributed by atoms with Gasteiger partial charge in [0.05, 0.1) is 12.0 Å². The third kappa shape index (κ3) is 3.89. The lowest BCUT2D eigenvalue weighted by atomic mass is 10.1. The Labute approximate surface area is 176 Å². The monoisotopic (exact) mass is 449 g/mol. The quantitative estimate of drug-likeness (QED) is 0.481. The number of anilines is 1. The number of nitrogens with zero attached hydrogens (tertiary/aromatic N) is 3. The highest BCUT2D eigenvalue weighted by Gasteiger charge is 2.35. The molecule has 4 aromatic rings. The van der Waals surface area contributed by atoms with Crippen LogP contribution in [0.25, 0.3) is 21.5 Å². The maximum absolute atomic E-state index is 13.4. The number of amides is 2. The second-order valence-electron chi connectivity index (χ2n) is 6.56. The van der Waals surface area contributed by atoms with Gasteiger partial charge in [-0.2, -0.15) is 18.3 Å². The molecule has 3 N–H and O–H groups in total. The van der Waals surface area contributed by atoms with Crippen molar-refractivity contribution in [2.45, 2.75) is 19.6 Å². The molecule has 4 heterocycles. The van der Waals surface area contributed by atoms with Gasteiger partial charge in [-0.05, 0) is 31.2 Å². The lowest BCUT2D eigenvalue weighted by Crippen LogP contribution is -2.22. The molecule has 0 aliphatic rings. The van der Waals surface area contributed by atoms with Gasteiger partial charge in [-0.1, -0.05) is 0 Å². The van der Waals surface area contributed by atoms with Gasteiger partial charge < -0.3 is 15.5 Å². The molecule has 0 aliphatic carbocycles. The summed E-state index contributed by atoms with van der Waals surface area (Å²) < 4.78 is 46.9. The number of pyridine rings is 1. The largest absolute Gasteiger partial charge is 0.464 e. The third-order valence-corrected chi connectivity index (χ3v) is 5.55. The van der Waals surface area contributed by atoms with E-state index in [0.29, 0.717) is 11.3 Å². The zero-order chi connectivity index (χ0) is 22.3. The van der Waals surface area contributed by atoms with Crippen LogP contribution in [-0.2, 0) is 17.5 Å². The SMILES string of the molecule is Cc1ccnn1CC(=O)Nc1c(C(N)=O)sc2nc(C(F)(F)F)cc(-c3ccco3)c12. The summed E-state index contributed by atoms with van der Waals surface area (Å²) in [6, 6.07) is 5.50. The van der Waals surface area contributed by atoms with E-state index in [2.05, 4.69) is 15.4 Å². The van der Waals surface area contributed by atoms with Gasteiger partial charge in [0.2, 0.25) is 5.91 Å². The molecule has 0 bridgehead atoms. The Morgan fingerprint density at radius 3 is 2.68 bits per heavy atom. The Morgan fingerprint density at radius 2 is 2.10 bits per heavy atom. The normalized spacial score (nSPS) is 11.7. The average molecular weight is 449 g/mol. The number of carbonyl (C=O) groups is 2. The first-order valence-corrected chi connectivity index (χ1v) is 9.63. The maximum atomic E-state index is 13.4. The molecule has 0 radical (unpaired) electrons. The summed E-state index contributed by atoms with van der Waals surface area (Å²) in [5.74, 6) is -1.34. The van der Waals surface area contributed by atoms with E-state index < -0.39 is 23.7 Å². The molecule has 0 saturated carbocycles. The molecular weight excluding hydrogens is 435 g/mol. The van der Waals surface area contributed by atoms with Crippen LogP contribution in [0.15, 0.2) is 41.1 Å². The van der Waals surface area contributed by atoms with Gasteiger partial charge in [-0.3, -0.25) is 14.3 Å². The zero-order valence-corrected chi connectivity index (χ0v) is 16.7. The molecule has 0 fully saturated rings. The molecule has 0 spiro atoms. The predicted octanol–water partition coefficient (Wildman–Crippen LogP) is 3.82. The Hall–Kier alpha value is -3.67. The fourth-order valence-corrected chi connectivity index (χ4v) is 4.05. The molecule has 4 rings (SSSR count). The molecule has 12 heteroatoms. The standard InChI is InChI=1S/C19H14F3N5O3S/c1-9-4-5-24-27(9)8-13(28)26-15-14-10(11-3-2-6-30-11)7-12(19(20,21)22)25-18(14)31-16(15)17(23)29/h2-7H,8H2,1H3,(H2,23,29)(H,26,28). The predicted molar refractivity (Wildman–Crippen MR) is 106 cm³/mol. The average Bonchev–Trinajstić information content (AvgIpc) is 3.42. The minimum absolute atomic E-state index is 0.0186. The number of nitrogens with two attached hydrogens (primary N) is 1. The molecule has 0 aromatic carbocycles. The summed E-state index contributed by atoms with van der Waals surface area (Å²) in [5, 5.41) is 6.74. The van der Waals surface area contributed by atoms with Crippen LogP contribution in [0.1, 0.15) is 21.1 Å². The molecule has 0 aliphatic heterocycles. The Bertz CT molecular complexity index is 1290. The number of rotatable bonds is 5. The van der Waals surface area contributed by atoms with Crippen molar-refractivity contribution in [3.8, 4) is 11.3 Å². The summed E-state index contributed by atoms with van der Waals surface area (Å²) in [5.41, 5.74) is 5.01. The van der Waals surface area contributed by atoms with E-state index in [1.165, 1.54) is 29.3 Å². The highest BCUT2D eigenvalue weighted by Crippen LogP contribution is 2.43. The first kappa shape index (κ1) is 20.6. The minimum Gasteiger partial charge on any atom is -0.464 e. The minimum atomic E-state index is -4.73. The smallest absolute Gasteiger partial charge is 0.433 e. The van der Waals surface area contributed by atoms with Crippen LogP contribution < -0.4 is 11.1 Å². The van der Waals surface area contributed by atoms with E-state index in [1.807, 2.05) is 0 Å². The van der Waals surface area contributed by atoms with Crippen LogP contribution in [0.4, 0.5) is 18.9 Å². The molecular formula is C19H14F3N5O3S. The van der Waals surface area contributed by atoms with Gasteiger partial charge >= 0.3 is 6.18 Å². The lowest BCUT2D eigenvalue weighted by molar-refractivity contribution is -0.140. The molecule has 160 valence electrons. The zero-order valence-electron chi connectivity index (χ0n) is 15.9. The number of hydrogen-bond donors (Lipinski definition) is 2. The number of thiophene rings is 1. The molecule has 2 amide bonds. The topological polar surface area (TPSA) is 116 Å². The van der Waals surface area contributed by atoms with E-state index in [-0.39, 0.29) is 38.6 Å². The van der Waals surface area contributed by atoms with E-state index in [1.54, 1.807) is 13.0 Å². The summed E-state index contributed by atoms with van der Waals surface area (Å²) in [6.45, 7) is 1.59. The Morgan fingerprint density at radius 1 is 1.32 bits per heavy atom. The van der Waals surface area contributed by atoms with E-state index in [9.17, 15) is 22.8 Å². The number of fused-ring (bicyclic) bond motifs is 1. The Balaban J connectivity index is 1.89. The first-order valence-electron chi connectivity index (χ1n) is 8.82. The van der Waals surface area contributed by atoms with Crippen LogP contribution in [0.3, 0.4) is 0 Å². The number of primary amides is 1. The van der Waals surface area contributed by atoms with Crippen molar-refractivity contribution in [1.82, 2.24) is 14.8 Å². The number of aryl methyl sites for hydroxylation is 1. The lowest BCUT2D eigenvalue weighted by Gasteiger charge is -2.11. The van der Waals surface area contributed by atoms with Crippen molar-refractivity contribution >= 4 is 39.1 Å². The van der Waals surface area contributed by atoms with Crippen LogP contribution in [0.5, 0.6) is 0 Å². The van der Waals surface area contributed by atoms with E-state index >= 15 is 0 Å². The van der Waals surface area contributed by atoms with Crippen molar-refractivity contribution in [3.05, 3.63) is 53.0 Å². The fourth-order valence-electron chi connectivity index (χ4n) is 3.04. The van der Waals surface area contributed by atoms with Crippen LogP contribution in [-0.4, -0.2) is 26.6 Å². The highest BCUT2D eigenvalue weighted by atomic mass is 32.1. The molecule has 31 heavy (non-hydrogen) atoms. The van der Waals surface area contributed by atoms with E-state index in [4.69, 9.17) is 10.2 Å². The van der Waals surface area contributed by atoms with Gasteiger partial charge in [0.25, 0.3) is 5.91 Å². The van der Waals surface area contributed by atoms with Gasteiger partial charge in [0.15, 0.2) is 0 Å². The van der Waals surface area contributed by atoms with Crippen LogP contribution in [0, 0.1) is 6.92 Å². The second-order valence-corrected chi connectivity index (χ2v) is 7.56. The van der Waals surface area contributed by atoms with Gasteiger partial charge in [-0.15, -0.1) is 11.3 Å². The molecule has 0 unspecified atom stereocenters. The van der Waals surface area contributed by atoms with Crippen molar-refractivity contribution in [2.24, 2.45) is 5.73 Å².